The van der Waals surface area contributed by atoms with Crippen LogP contribution in [0.3, 0.4) is 0 Å². The van der Waals surface area contributed by atoms with Crippen LogP contribution in [0, 0.1) is 35.5 Å². The van der Waals surface area contributed by atoms with E-state index in [-0.39, 0.29) is 35.5 Å². The van der Waals surface area contributed by atoms with Gasteiger partial charge in [-0.3, -0.25) is 19.8 Å². The Balaban J connectivity index is 1.41. The van der Waals surface area contributed by atoms with E-state index in [0.717, 1.165) is 11.4 Å². The summed E-state index contributed by atoms with van der Waals surface area (Å²) in [4.78, 5) is 37.9. The fraction of sp³-hybridized carbons (Fsp3) is 0.389. The Bertz CT molecular complexity index is 784. The number of carbonyl (C=O) groups excluding carboxylic acids is 3. The van der Waals surface area contributed by atoms with Crippen molar-refractivity contribution in [2.75, 3.05) is 0 Å². The topological polar surface area (TPSA) is 66.5 Å². The normalized spacial score (nSPS) is 38.1. The summed E-state index contributed by atoms with van der Waals surface area (Å²) in [5.41, 5.74) is 2.81. The molecule has 3 amide bonds. The Morgan fingerprint density at radius 1 is 1.08 bits per heavy atom. The first-order valence-electron chi connectivity index (χ1n) is 8.19. The number of imide groups is 1. The van der Waals surface area contributed by atoms with Gasteiger partial charge in [-0.25, -0.2) is 0 Å². The Hall–Kier alpha value is -2.14. The molecule has 2 saturated carbocycles. The standard InChI is InChI=1S/C18H15ClN2O3/c19-9-3-1-2-8(6-9)16(22)20-21-17(23)14-10-4-5-11(13-7-12(10)13)15(14)18(21)24/h1-6,10-15H,7H2,(H,20,22)/t10-,11-,12-,13-,14+,15+/m1/s1. The van der Waals surface area contributed by atoms with Gasteiger partial charge < -0.3 is 0 Å². The average Bonchev–Trinajstić information content (AvgIpc) is 3.36. The van der Waals surface area contributed by atoms with E-state index < -0.39 is 5.91 Å². The second-order valence-corrected chi connectivity index (χ2v) is 7.55. The summed E-state index contributed by atoms with van der Waals surface area (Å²) in [6.45, 7) is 0. The van der Waals surface area contributed by atoms with E-state index >= 15 is 0 Å². The maximum atomic E-state index is 12.8. The Kier molecular flexibility index (Phi) is 2.78. The van der Waals surface area contributed by atoms with Crippen molar-refractivity contribution in [2.45, 2.75) is 6.42 Å². The number of hydrazine groups is 1. The zero-order valence-electron chi connectivity index (χ0n) is 12.7. The van der Waals surface area contributed by atoms with Crippen LogP contribution in [-0.4, -0.2) is 22.7 Å². The summed E-state index contributed by atoms with van der Waals surface area (Å²) < 4.78 is 0. The number of hydrogen-bond acceptors (Lipinski definition) is 3. The van der Waals surface area contributed by atoms with Crippen LogP contribution in [0.15, 0.2) is 36.4 Å². The van der Waals surface area contributed by atoms with E-state index in [4.69, 9.17) is 11.6 Å². The number of halogens is 1. The monoisotopic (exact) mass is 342 g/mol. The number of benzene rings is 1. The summed E-state index contributed by atoms with van der Waals surface area (Å²) >= 11 is 5.89. The third kappa shape index (κ3) is 1.79. The molecule has 1 N–H and O–H groups in total. The predicted octanol–water partition coefficient (Wildman–Crippen LogP) is 2.04. The molecule has 0 aromatic heterocycles. The molecule has 1 heterocycles. The van der Waals surface area contributed by atoms with Gasteiger partial charge in [0.05, 0.1) is 11.8 Å². The van der Waals surface area contributed by atoms with Crippen LogP contribution in [0.4, 0.5) is 0 Å². The van der Waals surface area contributed by atoms with Crippen molar-refractivity contribution >= 4 is 29.3 Å². The van der Waals surface area contributed by atoms with Crippen LogP contribution in [0.25, 0.3) is 0 Å². The van der Waals surface area contributed by atoms with E-state index in [1.54, 1.807) is 18.2 Å². The molecule has 4 aliphatic carbocycles. The van der Waals surface area contributed by atoms with E-state index in [1.165, 1.54) is 6.07 Å². The number of carbonyl (C=O) groups is 3. The minimum absolute atomic E-state index is 0.148. The Morgan fingerprint density at radius 3 is 2.29 bits per heavy atom. The highest BCUT2D eigenvalue weighted by atomic mass is 35.5. The lowest BCUT2D eigenvalue weighted by molar-refractivity contribution is -0.143. The van der Waals surface area contributed by atoms with E-state index in [9.17, 15) is 14.4 Å². The molecule has 1 aromatic carbocycles. The van der Waals surface area contributed by atoms with E-state index in [0.29, 0.717) is 22.4 Å². The third-order valence-electron chi connectivity index (χ3n) is 5.96. The summed E-state index contributed by atoms with van der Waals surface area (Å²) in [5, 5.41) is 1.37. The zero-order valence-corrected chi connectivity index (χ0v) is 13.4. The van der Waals surface area contributed by atoms with Crippen molar-refractivity contribution in [3.63, 3.8) is 0 Å². The van der Waals surface area contributed by atoms with Crippen LogP contribution in [-0.2, 0) is 9.59 Å². The van der Waals surface area contributed by atoms with Gasteiger partial charge in [0.15, 0.2) is 0 Å². The summed E-state index contributed by atoms with van der Waals surface area (Å²) in [6, 6.07) is 6.42. The molecule has 0 spiro atoms. The van der Waals surface area contributed by atoms with Gasteiger partial charge in [-0.1, -0.05) is 29.8 Å². The molecule has 1 aromatic rings. The highest BCUT2D eigenvalue weighted by molar-refractivity contribution is 6.31. The number of allylic oxidation sites excluding steroid dienone is 2. The SMILES string of the molecule is O=C(NN1C(=O)[C@H]2[C@@H]3C=C[C@H]([C@H]4C[C@H]34)[C@@H]2C1=O)c1cccc(Cl)c1. The van der Waals surface area contributed by atoms with Crippen molar-refractivity contribution in [2.24, 2.45) is 35.5 Å². The second kappa shape index (κ2) is 4.70. The first-order chi connectivity index (χ1) is 11.6. The van der Waals surface area contributed by atoms with Crippen molar-refractivity contribution in [3.05, 3.63) is 47.0 Å². The summed E-state index contributed by atoms with van der Waals surface area (Å²) in [5.74, 6) is -0.280. The number of hydrogen-bond donors (Lipinski definition) is 1. The smallest absolute Gasteiger partial charge is 0.270 e. The van der Waals surface area contributed by atoms with Crippen LogP contribution >= 0.6 is 11.6 Å². The molecule has 6 heteroatoms. The van der Waals surface area contributed by atoms with Gasteiger partial charge in [-0.15, -0.1) is 0 Å². The van der Waals surface area contributed by atoms with Gasteiger partial charge in [-0.2, -0.15) is 5.01 Å². The van der Waals surface area contributed by atoms with Crippen molar-refractivity contribution in [3.8, 4) is 0 Å². The lowest BCUT2D eigenvalue weighted by Gasteiger charge is -2.37. The molecule has 0 radical (unpaired) electrons. The zero-order chi connectivity index (χ0) is 16.6. The van der Waals surface area contributed by atoms with Crippen LogP contribution in [0.2, 0.25) is 5.02 Å². The van der Waals surface area contributed by atoms with Gasteiger partial charge >= 0.3 is 0 Å². The fourth-order valence-corrected chi connectivity index (χ4v) is 5.05. The molecule has 6 atom stereocenters. The van der Waals surface area contributed by atoms with Crippen LogP contribution in [0.5, 0.6) is 0 Å². The van der Waals surface area contributed by atoms with Gasteiger partial charge in [0.25, 0.3) is 17.7 Å². The highest BCUT2D eigenvalue weighted by Crippen LogP contribution is 2.65. The first-order valence-corrected chi connectivity index (χ1v) is 8.57. The maximum Gasteiger partial charge on any atom is 0.270 e. The number of rotatable bonds is 2. The summed E-state index contributed by atoms with van der Waals surface area (Å²) in [7, 11) is 0. The molecule has 1 saturated heterocycles. The molecule has 1 aliphatic heterocycles. The molecule has 6 rings (SSSR count). The third-order valence-corrected chi connectivity index (χ3v) is 6.20. The van der Waals surface area contributed by atoms with Gasteiger partial charge in [-0.05, 0) is 48.3 Å². The quantitative estimate of drug-likeness (QED) is 0.660. The molecular weight excluding hydrogens is 328 g/mol. The van der Waals surface area contributed by atoms with Crippen LogP contribution < -0.4 is 5.43 Å². The lowest BCUT2D eigenvalue weighted by atomic mass is 9.63. The molecule has 5 nitrogen and oxygen atoms in total. The highest BCUT2D eigenvalue weighted by Gasteiger charge is 2.67. The van der Waals surface area contributed by atoms with Gasteiger partial charge in [0.2, 0.25) is 0 Å². The molecule has 0 unspecified atom stereocenters. The minimum atomic E-state index is -0.497. The Labute approximate surface area is 143 Å². The van der Waals surface area contributed by atoms with Crippen molar-refractivity contribution in [1.29, 1.82) is 0 Å². The van der Waals surface area contributed by atoms with E-state index in [2.05, 4.69) is 17.6 Å². The van der Waals surface area contributed by atoms with Gasteiger partial charge in [0, 0.05) is 10.6 Å². The molecule has 122 valence electrons. The minimum Gasteiger partial charge on any atom is -0.272 e. The van der Waals surface area contributed by atoms with E-state index in [1.807, 2.05) is 0 Å². The molecule has 3 fully saturated rings. The van der Waals surface area contributed by atoms with Crippen molar-refractivity contribution in [1.82, 2.24) is 10.4 Å². The Morgan fingerprint density at radius 2 is 1.71 bits per heavy atom. The molecule has 2 bridgehead atoms. The average molecular weight is 343 g/mol. The van der Waals surface area contributed by atoms with Crippen molar-refractivity contribution < 1.29 is 14.4 Å². The summed E-state index contributed by atoms with van der Waals surface area (Å²) in [6.07, 6.45) is 5.33. The maximum absolute atomic E-state index is 12.8. The number of nitrogens with one attached hydrogen (secondary N) is 1. The fourth-order valence-electron chi connectivity index (χ4n) is 4.86. The predicted molar refractivity (Wildman–Crippen MR) is 85.5 cm³/mol. The van der Waals surface area contributed by atoms with Gasteiger partial charge in [0.1, 0.15) is 0 Å². The van der Waals surface area contributed by atoms with Crippen LogP contribution in [0.1, 0.15) is 16.8 Å². The first kappa shape index (κ1) is 14.2. The molecular formula is C18H15ClN2O3. The number of nitrogens with zero attached hydrogens (tertiary/aromatic N) is 1. The second-order valence-electron chi connectivity index (χ2n) is 7.12. The largest absolute Gasteiger partial charge is 0.272 e. The molecule has 24 heavy (non-hydrogen) atoms. The molecule has 5 aliphatic rings. The lowest BCUT2D eigenvalue weighted by Crippen LogP contribution is -2.46. The number of amides is 3.